The van der Waals surface area contributed by atoms with E-state index in [0.29, 0.717) is 19.1 Å². The van der Waals surface area contributed by atoms with Gasteiger partial charge in [0.25, 0.3) is 0 Å². The first kappa shape index (κ1) is 17.5. The molecule has 0 heterocycles. The Morgan fingerprint density at radius 1 is 1.09 bits per heavy atom. The van der Waals surface area contributed by atoms with E-state index in [1.807, 2.05) is 6.92 Å². The largest absolute Gasteiger partial charge is 0.494 e. The number of benzene rings is 2. The van der Waals surface area contributed by atoms with Gasteiger partial charge in [0.2, 0.25) is 0 Å². The number of hydrogen-bond donors (Lipinski definition) is 1. The van der Waals surface area contributed by atoms with Crippen molar-refractivity contribution in [2.45, 2.75) is 39.0 Å². The Labute approximate surface area is 138 Å². The van der Waals surface area contributed by atoms with Crippen LogP contribution in [-0.4, -0.2) is 13.2 Å². The van der Waals surface area contributed by atoms with Crippen LogP contribution in [0.2, 0.25) is 0 Å². The van der Waals surface area contributed by atoms with Crippen molar-refractivity contribution in [1.29, 1.82) is 0 Å². The van der Waals surface area contributed by atoms with E-state index in [2.05, 4.69) is 38.1 Å². The van der Waals surface area contributed by atoms with Crippen LogP contribution in [0.4, 0.5) is 4.39 Å². The van der Waals surface area contributed by atoms with Crippen LogP contribution < -0.4 is 10.5 Å². The standard InChI is InChI=1S/C20H26FNO/c1-4-23-20-10-9-18(21)12-19(20)17(13-22)11-15-5-7-16(8-6-15)14(2)3/h5-10,12,14,17H,4,11,13,22H2,1-3H3. The molecule has 3 heteroatoms. The zero-order valence-corrected chi connectivity index (χ0v) is 14.2. The van der Waals surface area contributed by atoms with Gasteiger partial charge < -0.3 is 10.5 Å². The van der Waals surface area contributed by atoms with Crippen LogP contribution in [0.15, 0.2) is 42.5 Å². The summed E-state index contributed by atoms with van der Waals surface area (Å²) in [4.78, 5) is 0. The van der Waals surface area contributed by atoms with Gasteiger partial charge in [-0.15, -0.1) is 0 Å². The Morgan fingerprint density at radius 2 is 1.78 bits per heavy atom. The van der Waals surface area contributed by atoms with Gasteiger partial charge in [0.05, 0.1) is 6.61 Å². The maximum Gasteiger partial charge on any atom is 0.123 e. The van der Waals surface area contributed by atoms with E-state index in [4.69, 9.17) is 10.5 Å². The average Bonchev–Trinajstić information content (AvgIpc) is 2.55. The lowest BCUT2D eigenvalue weighted by Crippen LogP contribution is -2.16. The molecule has 0 aliphatic heterocycles. The molecule has 2 N–H and O–H groups in total. The van der Waals surface area contributed by atoms with Crippen molar-refractivity contribution in [3.8, 4) is 5.75 Å². The summed E-state index contributed by atoms with van der Waals surface area (Å²) < 4.78 is 19.3. The van der Waals surface area contributed by atoms with Crippen LogP contribution in [0, 0.1) is 5.82 Å². The zero-order valence-electron chi connectivity index (χ0n) is 14.2. The summed E-state index contributed by atoms with van der Waals surface area (Å²) in [7, 11) is 0. The fraction of sp³-hybridized carbons (Fsp3) is 0.400. The number of nitrogens with two attached hydrogens (primary N) is 1. The summed E-state index contributed by atoms with van der Waals surface area (Å²) >= 11 is 0. The number of hydrogen-bond acceptors (Lipinski definition) is 2. The van der Waals surface area contributed by atoms with Gasteiger partial charge in [0.1, 0.15) is 11.6 Å². The predicted octanol–water partition coefficient (Wildman–Crippen LogP) is 4.63. The number of rotatable bonds is 7. The van der Waals surface area contributed by atoms with Gasteiger partial charge in [-0.05, 0) is 55.1 Å². The first-order valence-electron chi connectivity index (χ1n) is 8.26. The average molecular weight is 315 g/mol. The Kier molecular flexibility index (Phi) is 6.17. The molecule has 0 saturated heterocycles. The fourth-order valence-electron chi connectivity index (χ4n) is 2.77. The Morgan fingerprint density at radius 3 is 2.35 bits per heavy atom. The highest BCUT2D eigenvalue weighted by Gasteiger charge is 2.17. The van der Waals surface area contributed by atoms with Crippen molar-refractivity contribution in [3.05, 3.63) is 65.0 Å². The van der Waals surface area contributed by atoms with Gasteiger partial charge in [-0.3, -0.25) is 0 Å². The summed E-state index contributed by atoms with van der Waals surface area (Å²) in [6.07, 6.45) is 0.776. The molecule has 0 bridgehead atoms. The molecule has 0 fully saturated rings. The van der Waals surface area contributed by atoms with Crippen LogP contribution in [0.3, 0.4) is 0 Å². The van der Waals surface area contributed by atoms with Gasteiger partial charge in [-0.1, -0.05) is 38.1 Å². The Bertz CT molecular complexity index is 622. The molecular formula is C20H26FNO. The monoisotopic (exact) mass is 315 g/mol. The van der Waals surface area contributed by atoms with Crippen molar-refractivity contribution in [2.24, 2.45) is 5.73 Å². The van der Waals surface area contributed by atoms with E-state index in [-0.39, 0.29) is 11.7 Å². The summed E-state index contributed by atoms with van der Waals surface area (Å²) in [6, 6.07) is 13.3. The normalized spacial score (nSPS) is 12.4. The highest BCUT2D eigenvalue weighted by molar-refractivity contribution is 5.38. The van der Waals surface area contributed by atoms with Crippen molar-refractivity contribution in [1.82, 2.24) is 0 Å². The molecule has 0 radical (unpaired) electrons. The first-order valence-corrected chi connectivity index (χ1v) is 8.26. The van der Waals surface area contributed by atoms with Crippen LogP contribution in [0.25, 0.3) is 0 Å². The predicted molar refractivity (Wildman–Crippen MR) is 93.6 cm³/mol. The fourth-order valence-corrected chi connectivity index (χ4v) is 2.77. The molecule has 23 heavy (non-hydrogen) atoms. The highest BCUT2D eigenvalue weighted by atomic mass is 19.1. The van der Waals surface area contributed by atoms with Gasteiger partial charge in [0, 0.05) is 11.5 Å². The second-order valence-electron chi connectivity index (χ2n) is 6.15. The molecule has 1 unspecified atom stereocenters. The SMILES string of the molecule is CCOc1ccc(F)cc1C(CN)Cc1ccc(C(C)C)cc1. The van der Waals surface area contributed by atoms with Crippen molar-refractivity contribution in [3.63, 3.8) is 0 Å². The molecule has 0 aromatic heterocycles. The minimum atomic E-state index is -0.253. The molecule has 1 atom stereocenters. The topological polar surface area (TPSA) is 35.2 Å². The van der Waals surface area contributed by atoms with Gasteiger partial charge in [0.15, 0.2) is 0 Å². The number of ether oxygens (including phenoxy) is 1. The lowest BCUT2D eigenvalue weighted by Gasteiger charge is -2.19. The molecule has 0 saturated carbocycles. The van der Waals surface area contributed by atoms with E-state index in [1.54, 1.807) is 12.1 Å². The quantitative estimate of drug-likeness (QED) is 0.808. The minimum Gasteiger partial charge on any atom is -0.494 e. The minimum absolute atomic E-state index is 0.0390. The maximum atomic E-state index is 13.7. The van der Waals surface area contributed by atoms with Crippen LogP contribution in [-0.2, 0) is 6.42 Å². The van der Waals surface area contributed by atoms with E-state index in [9.17, 15) is 4.39 Å². The second-order valence-corrected chi connectivity index (χ2v) is 6.15. The lowest BCUT2D eigenvalue weighted by molar-refractivity contribution is 0.333. The van der Waals surface area contributed by atoms with Gasteiger partial charge in [-0.2, -0.15) is 0 Å². The van der Waals surface area contributed by atoms with Crippen molar-refractivity contribution < 1.29 is 9.13 Å². The molecule has 2 aromatic rings. The van der Waals surface area contributed by atoms with Crippen LogP contribution >= 0.6 is 0 Å². The number of halogens is 1. The highest BCUT2D eigenvalue weighted by Crippen LogP contribution is 2.30. The maximum absolute atomic E-state index is 13.7. The Hall–Kier alpha value is -1.87. The van der Waals surface area contributed by atoms with E-state index >= 15 is 0 Å². The lowest BCUT2D eigenvalue weighted by atomic mass is 9.90. The Balaban J connectivity index is 2.24. The third-order valence-corrected chi connectivity index (χ3v) is 4.12. The molecule has 2 rings (SSSR count). The molecule has 0 amide bonds. The van der Waals surface area contributed by atoms with Crippen molar-refractivity contribution >= 4 is 0 Å². The van der Waals surface area contributed by atoms with Gasteiger partial charge >= 0.3 is 0 Å². The summed E-state index contributed by atoms with van der Waals surface area (Å²) in [5.41, 5.74) is 9.34. The van der Waals surface area contributed by atoms with Crippen LogP contribution in [0.1, 0.15) is 49.3 Å². The van der Waals surface area contributed by atoms with E-state index < -0.39 is 0 Å². The molecule has 2 aromatic carbocycles. The van der Waals surface area contributed by atoms with Gasteiger partial charge in [-0.25, -0.2) is 4.39 Å². The second kappa shape index (κ2) is 8.11. The summed E-state index contributed by atoms with van der Waals surface area (Å²) in [5.74, 6) is 1.03. The van der Waals surface area contributed by atoms with E-state index in [1.165, 1.54) is 17.2 Å². The van der Waals surface area contributed by atoms with Crippen LogP contribution in [0.5, 0.6) is 5.75 Å². The molecule has 2 nitrogen and oxygen atoms in total. The molecule has 124 valence electrons. The van der Waals surface area contributed by atoms with E-state index in [0.717, 1.165) is 17.7 Å². The third kappa shape index (κ3) is 4.55. The van der Waals surface area contributed by atoms with Crippen molar-refractivity contribution in [2.75, 3.05) is 13.2 Å². The molecule has 0 aliphatic carbocycles. The summed E-state index contributed by atoms with van der Waals surface area (Å²) in [6.45, 7) is 7.29. The molecule has 0 spiro atoms. The molecule has 0 aliphatic rings. The zero-order chi connectivity index (χ0) is 16.8. The third-order valence-electron chi connectivity index (χ3n) is 4.12. The first-order chi connectivity index (χ1) is 11.0. The summed E-state index contributed by atoms with van der Waals surface area (Å²) in [5, 5.41) is 0. The molecular weight excluding hydrogens is 289 g/mol. The smallest absolute Gasteiger partial charge is 0.123 e.